The molecule has 0 bridgehead atoms. The second-order valence-corrected chi connectivity index (χ2v) is 3.84. The van der Waals surface area contributed by atoms with Gasteiger partial charge in [-0.2, -0.15) is 0 Å². The summed E-state index contributed by atoms with van der Waals surface area (Å²) in [4.78, 5) is 0. The van der Waals surface area contributed by atoms with Gasteiger partial charge in [0.1, 0.15) is 0 Å². The molecular formula is C9H17NO. The van der Waals surface area contributed by atoms with Crippen LogP contribution in [0, 0.1) is 5.41 Å². The van der Waals surface area contributed by atoms with Gasteiger partial charge in [0.25, 0.3) is 0 Å². The van der Waals surface area contributed by atoms with E-state index >= 15 is 0 Å². The third-order valence-electron chi connectivity index (χ3n) is 2.83. The molecule has 11 heavy (non-hydrogen) atoms. The molecule has 0 aromatic rings. The highest BCUT2D eigenvalue weighted by molar-refractivity contribution is 5.02. The first-order chi connectivity index (χ1) is 5.04. The summed E-state index contributed by atoms with van der Waals surface area (Å²) in [5.41, 5.74) is 5.69. The Morgan fingerprint density at radius 2 is 2.00 bits per heavy atom. The Labute approximate surface area is 68.1 Å². The molecule has 0 aromatic carbocycles. The van der Waals surface area contributed by atoms with E-state index in [0.717, 1.165) is 25.7 Å². The second kappa shape index (κ2) is 2.86. The SMILES string of the molecule is C=C(O)C1(C)CCC(N)CC1. The molecule has 1 fully saturated rings. The average molecular weight is 155 g/mol. The molecular weight excluding hydrogens is 138 g/mol. The normalized spacial score (nSPS) is 38.5. The van der Waals surface area contributed by atoms with E-state index < -0.39 is 0 Å². The molecule has 1 saturated carbocycles. The van der Waals surface area contributed by atoms with Gasteiger partial charge in [-0.05, 0) is 25.7 Å². The van der Waals surface area contributed by atoms with E-state index in [9.17, 15) is 5.11 Å². The van der Waals surface area contributed by atoms with Gasteiger partial charge < -0.3 is 10.8 Å². The van der Waals surface area contributed by atoms with E-state index in [1.165, 1.54) is 0 Å². The molecule has 0 saturated heterocycles. The predicted octanol–water partition coefficient (Wildman–Crippen LogP) is 1.97. The Morgan fingerprint density at radius 1 is 1.55 bits per heavy atom. The summed E-state index contributed by atoms with van der Waals surface area (Å²) in [6.45, 7) is 5.65. The lowest BCUT2D eigenvalue weighted by Crippen LogP contribution is -2.33. The van der Waals surface area contributed by atoms with E-state index in [-0.39, 0.29) is 5.41 Å². The highest BCUT2D eigenvalue weighted by Crippen LogP contribution is 2.39. The van der Waals surface area contributed by atoms with Gasteiger partial charge in [0.05, 0.1) is 5.76 Å². The Morgan fingerprint density at radius 3 is 2.36 bits per heavy atom. The Bertz CT molecular complexity index is 157. The minimum absolute atomic E-state index is 0.0597. The van der Waals surface area contributed by atoms with Crippen molar-refractivity contribution in [2.24, 2.45) is 11.1 Å². The van der Waals surface area contributed by atoms with Crippen molar-refractivity contribution in [3.05, 3.63) is 12.3 Å². The molecule has 0 aliphatic heterocycles. The number of allylic oxidation sites excluding steroid dienone is 1. The minimum atomic E-state index is -0.0597. The predicted molar refractivity (Wildman–Crippen MR) is 46.3 cm³/mol. The molecule has 1 rings (SSSR count). The van der Waals surface area contributed by atoms with E-state index in [1.807, 2.05) is 0 Å². The number of hydrogen-bond acceptors (Lipinski definition) is 2. The molecule has 0 aromatic heterocycles. The molecule has 0 amide bonds. The van der Waals surface area contributed by atoms with Gasteiger partial charge in [0, 0.05) is 11.5 Å². The monoisotopic (exact) mass is 155 g/mol. The van der Waals surface area contributed by atoms with Crippen LogP contribution in [0.1, 0.15) is 32.6 Å². The lowest BCUT2D eigenvalue weighted by atomic mass is 9.73. The summed E-state index contributed by atoms with van der Waals surface area (Å²) in [6, 6.07) is 0.336. The lowest BCUT2D eigenvalue weighted by molar-refractivity contribution is 0.168. The first-order valence-electron chi connectivity index (χ1n) is 4.18. The number of nitrogens with two attached hydrogens (primary N) is 1. The van der Waals surface area contributed by atoms with Crippen molar-refractivity contribution in [2.45, 2.75) is 38.6 Å². The van der Waals surface area contributed by atoms with Crippen molar-refractivity contribution in [1.29, 1.82) is 0 Å². The Kier molecular flexibility index (Phi) is 2.23. The molecule has 0 radical (unpaired) electrons. The van der Waals surface area contributed by atoms with E-state index in [2.05, 4.69) is 13.5 Å². The van der Waals surface area contributed by atoms with E-state index in [0.29, 0.717) is 11.8 Å². The van der Waals surface area contributed by atoms with Crippen molar-refractivity contribution in [1.82, 2.24) is 0 Å². The molecule has 3 N–H and O–H groups in total. The van der Waals surface area contributed by atoms with Gasteiger partial charge in [-0.15, -0.1) is 0 Å². The van der Waals surface area contributed by atoms with E-state index in [4.69, 9.17) is 5.73 Å². The summed E-state index contributed by atoms with van der Waals surface area (Å²) in [6.07, 6.45) is 3.97. The quantitative estimate of drug-likeness (QED) is 0.569. The molecule has 1 aliphatic carbocycles. The smallest absolute Gasteiger partial charge is 0.0909 e. The molecule has 0 heterocycles. The van der Waals surface area contributed by atoms with Crippen LogP contribution in [0.25, 0.3) is 0 Å². The van der Waals surface area contributed by atoms with Gasteiger partial charge in [0.2, 0.25) is 0 Å². The fraction of sp³-hybridized carbons (Fsp3) is 0.778. The number of aliphatic hydroxyl groups is 1. The standard InChI is InChI=1S/C9H17NO/c1-7(11)9(2)5-3-8(10)4-6-9/h8,11H,1,3-6,10H2,2H3. The molecule has 2 nitrogen and oxygen atoms in total. The third kappa shape index (κ3) is 1.74. The largest absolute Gasteiger partial charge is 0.512 e. The number of aliphatic hydroxyl groups excluding tert-OH is 1. The van der Waals surface area contributed by atoms with Crippen molar-refractivity contribution in [2.75, 3.05) is 0 Å². The lowest BCUT2D eigenvalue weighted by Gasteiger charge is -2.35. The van der Waals surface area contributed by atoms with Crippen molar-refractivity contribution < 1.29 is 5.11 Å². The summed E-state index contributed by atoms with van der Waals surface area (Å²) in [5.74, 6) is 0.324. The highest BCUT2D eigenvalue weighted by atomic mass is 16.3. The topological polar surface area (TPSA) is 46.2 Å². The molecule has 2 heteroatoms. The van der Waals surface area contributed by atoms with Crippen LogP contribution in [0.4, 0.5) is 0 Å². The average Bonchev–Trinajstić information content (AvgIpc) is 1.95. The number of hydrogen-bond donors (Lipinski definition) is 2. The van der Waals surface area contributed by atoms with Crippen LogP contribution >= 0.6 is 0 Å². The van der Waals surface area contributed by atoms with Crippen LogP contribution in [0.15, 0.2) is 12.3 Å². The molecule has 0 atom stereocenters. The summed E-state index contributed by atoms with van der Waals surface area (Å²) >= 11 is 0. The maximum Gasteiger partial charge on any atom is 0.0909 e. The summed E-state index contributed by atoms with van der Waals surface area (Å²) in [7, 11) is 0. The van der Waals surface area contributed by atoms with Crippen LogP contribution in [-0.4, -0.2) is 11.1 Å². The highest BCUT2D eigenvalue weighted by Gasteiger charge is 2.32. The Balaban J connectivity index is 2.55. The maximum absolute atomic E-state index is 9.29. The van der Waals surface area contributed by atoms with Crippen molar-refractivity contribution >= 4 is 0 Å². The first kappa shape index (κ1) is 8.60. The zero-order valence-corrected chi connectivity index (χ0v) is 7.14. The Hall–Kier alpha value is -0.500. The molecule has 0 spiro atoms. The second-order valence-electron chi connectivity index (χ2n) is 3.84. The van der Waals surface area contributed by atoms with Crippen molar-refractivity contribution in [3.63, 3.8) is 0 Å². The van der Waals surface area contributed by atoms with E-state index in [1.54, 1.807) is 0 Å². The third-order valence-corrected chi connectivity index (χ3v) is 2.83. The maximum atomic E-state index is 9.29. The van der Waals surface area contributed by atoms with Gasteiger partial charge in [0.15, 0.2) is 0 Å². The van der Waals surface area contributed by atoms with Crippen LogP contribution in [0.2, 0.25) is 0 Å². The van der Waals surface area contributed by atoms with Crippen LogP contribution in [0.3, 0.4) is 0 Å². The first-order valence-corrected chi connectivity index (χ1v) is 4.18. The van der Waals surface area contributed by atoms with Gasteiger partial charge >= 0.3 is 0 Å². The number of rotatable bonds is 1. The van der Waals surface area contributed by atoms with Gasteiger partial charge in [-0.3, -0.25) is 0 Å². The van der Waals surface area contributed by atoms with Crippen LogP contribution in [-0.2, 0) is 0 Å². The summed E-state index contributed by atoms with van der Waals surface area (Å²) in [5, 5.41) is 9.29. The summed E-state index contributed by atoms with van der Waals surface area (Å²) < 4.78 is 0. The van der Waals surface area contributed by atoms with Gasteiger partial charge in [-0.1, -0.05) is 13.5 Å². The zero-order chi connectivity index (χ0) is 8.48. The van der Waals surface area contributed by atoms with Crippen LogP contribution < -0.4 is 5.73 Å². The van der Waals surface area contributed by atoms with Gasteiger partial charge in [-0.25, -0.2) is 0 Å². The molecule has 0 unspecified atom stereocenters. The van der Waals surface area contributed by atoms with Crippen molar-refractivity contribution in [3.8, 4) is 0 Å². The minimum Gasteiger partial charge on any atom is -0.512 e. The fourth-order valence-corrected chi connectivity index (χ4v) is 1.57. The van der Waals surface area contributed by atoms with Crippen LogP contribution in [0.5, 0.6) is 0 Å². The fourth-order valence-electron chi connectivity index (χ4n) is 1.57. The molecule has 1 aliphatic rings. The molecule has 64 valence electrons. The zero-order valence-electron chi connectivity index (χ0n) is 7.14.